The summed E-state index contributed by atoms with van der Waals surface area (Å²) in [6.45, 7) is 1.90. The summed E-state index contributed by atoms with van der Waals surface area (Å²) in [5, 5.41) is 2.70. The fourth-order valence-electron chi connectivity index (χ4n) is 1.93. The minimum atomic E-state index is -0.345. The third-order valence-electron chi connectivity index (χ3n) is 3.06. The van der Waals surface area contributed by atoms with Gasteiger partial charge in [-0.1, -0.05) is 19.1 Å². The van der Waals surface area contributed by atoms with Crippen molar-refractivity contribution in [3.05, 3.63) is 65.7 Å². The molecule has 104 valence electrons. The maximum Gasteiger partial charge on any atom is 0.224 e. The van der Waals surface area contributed by atoms with Crippen LogP contribution < -0.4 is 5.32 Å². The third-order valence-corrected chi connectivity index (χ3v) is 3.06. The summed E-state index contributed by atoms with van der Waals surface area (Å²) in [4.78, 5) is 11.9. The molecule has 0 saturated carbocycles. The van der Waals surface area contributed by atoms with Crippen molar-refractivity contribution in [3.8, 4) is 0 Å². The smallest absolute Gasteiger partial charge is 0.224 e. The molecule has 0 bridgehead atoms. The van der Waals surface area contributed by atoms with Crippen LogP contribution in [0.5, 0.6) is 0 Å². The van der Waals surface area contributed by atoms with Crippen LogP contribution in [0.2, 0.25) is 0 Å². The Morgan fingerprint density at radius 2 is 1.50 bits per heavy atom. The molecule has 2 aromatic carbocycles. The van der Waals surface area contributed by atoms with E-state index in [1.54, 1.807) is 12.1 Å². The average molecular weight is 275 g/mol. The van der Waals surface area contributed by atoms with Crippen LogP contribution in [-0.4, -0.2) is 5.91 Å². The van der Waals surface area contributed by atoms with E-state index in [0.717, 1.165) is 5.56 Å². The minimum Gasteiger partial charge on any atom is -0.326 e. The molecule has 0 aromatic heterocycles. The van der Waals surface area contributed by atoms with Crippen molar-refractivity contribution in [1.29, 1.82) is 0 Å². The number of hydrogen-bond donors (Lipinski definition) is 1. The molecule has 0 aliphatic heterocycles. The van der Waals surface area contributed by atoms with Crippen molar-refractivity contribution in [2.75, 3.05) is 5.32 Å². The van der Waals surface area contributed by atoms with E-state index in [9.17, 15) is 13.6 Å². The van der Waals surface area contributed by atoms with E-state index in [-0.39, 0.29) is 29.9 Å². The zero-order chi connectivity index (χ0) is 14.5. The summed E-state index contributed by atoms with van der Waals surface area (Å²) in [5.74, 6) is -0.816. The van der Waals surface area contributed by atoms with E-state index < -0.39 is 0 Å². The van der Waals surface area contributed by atoms with Gasteiger partial charge in [0.1, 0.15) is 11.6 Å². The van der Waals surface area contributed by atoms with Crippen LogP contribution in [0, 0.1) is 11.6 Å². The van der Waals surface area contributed by atoms with Gasteiger partial charge in [-0.25, -0.2) is 8.78 Å². The van der Waals surface area contributed by atoms with Gasteiger partial charge in [0, 0.05) is 12.1 Å². The monoisotopic (exact) mass is 275 g/mol. The Balaban J connectivity index is 1.93. The van der Waals surface area contributed by atoms with Crippen molar-refractivity contribution in [3.63, 3.8) is 0 Å². The summed E-state index contributed by atoms with van der Waals surface area (Å²) in [7, 11) is 0. The molecule has 1 amide bonds. The molecule has 0 saturated heterocycles. The summed E-state index contributed by atoms with van der Waals surface area (Å²) >= 11 is 0. The molecule has 1 N–H and O–H groups in total. The predicted octanol–water partition coefficient (Wildman–Crippen LogP) is 4.10. The highest BCUT2D eigenvalue weighted by Gasteiger charge is 2.11. The molecule has 20 heavy (non-hydrogen) atoms. The fraction of sp³-hybridized carbons (Fsp3) is 0.188. The Hall–Kier alpha value is -2.23. The van der Waals surface area contributed by atoms with Crippen molar-refractivity contribution in [2.45, 2.75) is 19.3 Å². The van der Waals surface area contributed by atoms with Gasteiger partial charge >= 0.3 is 0 Å². The van der Waals surface area contributed by atoms with E-state index >= 15 is 0 Å². The van der Waals surface area contributed by atoms with Gasteiger partial charge in [-0.15, -0.1) is 0 Å². The Kier molecular flexibility index (Phi) is 4.45. The third kappa shape index (κ3) is 3.88. The molecule has 2 rings (SSSR count). The van der Waals surface area contributed by atoms with Crippen LogP contribution in [0.4, 0.5) is 14.5 Å². The highest BCUT2D eigenvalue weighted by molar-refractivity contribution is 5.91. The number of rotatable bonds is 4. The predicted molar refractivity (Wildman–Crippen MR) is 74.5 cm³/mol. The van der Waals surface area contributed by atoms with Crippen LogP contribution in [0.3, 0.4) is 0 Å². The summed E-state index contributed by atoms with van der Waals surface area (Å²) in [5.41, 5.74) is 1.46. The number of nitrogens with one attached hydrogen (secondary N) is 1. The van der Waals surface area contributed by atoms with Gasteiger partial charge in [0.2, 0.25) is 5.91 Å². The van der Waals surface area contributed by atoms with Gasteiger partial charge in [0.15, 0.2) is 0 Å². The molecular formula is C16H15F2NO. The molecule has 1 unspecified atom stereocenters. The normalized spacial score (nSPS) is 11.9. The number of benzene rings is 2. The quantitative estimate of drug-likeness (QED) is 0.894. The zero-order valence-electron chi connectivity index (χ0n) is 11.1. The van der Waals surface area contributed by atoms with Gasteiger partial charge in [-0.05, 0) is 47.9 Å². The number of amides is 1. The summed E-state index contributed by atoms with van der Waals surface area (Å²) in [6, 6.07) is 11.7. The topological polar surface area (TPSA) is 29.1 Å². The lowest BCUT2D eigenvalue weighted by Crippen LogP contribution is -2.14. The second-order valence-corrected chi connectivity index (χ2v) is 4.71. The number of halogens is 2. The van der Waals surface area contributed by atoms with Crippen LogP contribution >= 0.6 is 0 Å². The molecule has 4 heteroatoms. The molecule has 0 heterocycles. The Morgan fingerprint density at radius 1 is 1.00 bits per heavy atom. The summed E-state index contributed by atoms with van der Waals surface area (Å²) in [6.07, 6.45) is 0.281. The zero-order valence-corrected chi connectivity index (χ0v) is 11.1. The first kappa shape index (κ1) is 14.2. The lowest BCUT2D eigenvalue weighted by atomic mass is 9.97. The standard InChI is InChI=1S/C16H15F2NO/c1-11(12-2-4-13(17)5-3-12)10-16(20)19-15-8-6-14(18)7-9-15/h2-9,11H,10H2,1H3,(H,19,20). The second kappa shape index (κ2) is 6.28. The molecule has 0 aliphatic carbocycles. The van der Waals surface area contributed by atoms with Gasteiger partial charge in [0.25, 0.3) is 0 Å². The van der Waals surface area contributed by atoms with Crippen LogP contribution in [0.1, 0.15) is 24.8 Å². The molecule has 2 nitrogen and oxygen atoms in total. The van der Waals surface area contributed by atoms with Gasteiger partial charge in [-0.2, -0.15) is 0 Å². The number of carbonyl (C=O) groups excluding carboxylic acids is 1. The van der Waals surface area contributed by atoms with E-state index in [4.69, 9.17) is 0 Å². The maximum absolute atomic E-state index is 12.8. The average Bonchev–Trinajstić information content (AvgIpc) is 2.42. The largest absolute Gasteiger partial charge is 0.326 e. The molecular weight excluding hydrogens is 260 g/mol. The number of hydrogen-bond acceptors (Lipinski definition) is 1. The van der Waals surface area contributed by atoms with Crippen molar-refractivity contribution < 1.29 is 13.6 Å². The van der Waals surface area contributed by atoms with E-state index in [2.05, 4.69) is 5.32 Å². The van der Waals surface area contributed by atoms with Gasteiger partial charge < -0.3 is 5.32 Å². The lowest BCUT2D eigenvalue weighted by Gasteiger charge is -2.12. The molecule has 2 aromatic rings. The molecule has 0 fully saturated rings. The van der Waals surface area contributed by atoms with Crippen LogP contribution in [0.15, 0.2) is 48.5 Å². The molecule has 0 aliphatic rings. The first-order chi connectivity index (χ1) is 9.54. The Labute approximate surface area is 116 Å². The second-order valence-electron chi connectivity index (χ2n) is 4.71. The van der Waals surface area contributed by atoms with Gasteiger partial charge in [0.05, 0.1) is 0 Å². The maximum atomic E-state index is 12.8. The van der Waals surface area contributed by atoms with E-state index in [1.165, 1.54) is 36.4 Å². The van der Waals surface area contributed by atoms with Crippen LogP contribution in [-0.2, 0) is 4.79 Å². The Morgan fingerprint density at radius 3 is 2.05 bits per heavy atom. The lowest BCUT2D eigenvalue weighted by molar-refractivity contribution is -0.116. The number of carbonyl (C=O) groups is 1. The summed E-state index contributed by atoms with van der Waals surface area (Å²) < 4.78 is 25.6. The van der Waals surface area contributed by atoms with Crippen molar-refractivity contribution in [1.82, 2.24) is 0 Å². The van der Waals surface area contributed by atoms with E-state index in [1.807, 2.05) is 6.92 Å². The Bertz CT molecular complexity index is 578. The first-order valence-corrected chi connectivity index (χ1v) is 6.35. The molecule has 0 radical (unpaired) electrons. The van der Waals surface area contributed by atoms with E-state index in [0.29, 0.717) is 5.69 Å². The molecule has 1 atom stereocenters. The highest BCUT2D eigenvalue weighted by Crippen LogP contribution is 2.20. The highest BCUT2D eigenvalue weighted by atomic mass is 19.1. The van der Waals surface area contributed by atoms with Gasteiger partial charge in [-0.3, -0.25) is 4.79 Å². The van der Waals surface area contributed by atoms with Crippen molar-refractivity contribution >= 4 is 11.6 Å². The van der Waals surface area contributed by atoms with Crippen molar-refractivity contribution in [2.24, 2.45) is 0 Å². The number of anilines is 1. The molecule has 0 spiro atoms. The SMILES string of the molecule is CC(CC(=O)Nc1ccc(F)cc1)c1ccc(F)cc1. The minimum absolute atomic E-state index is 0.0175. The fourth-order valence-corrected chi connectivity index (χ4v) is 1.93. The van der Waals surface area contributed by atoms with Crippen LogP contribution in [0.25, 0.3) is 0 Å². The first-order valence-electron chi connectivity index (χ1n) is 6.35.